The van der Waals surface area contributed by atoms with Crippen molar-refractivity contribution in [3.63, 3.8) is 0 Å². The molecule has 0 aliphatic carbocycles. The minimum atomic E-state index is -0.248. The highest BCUT2D eigenvalue weighted by Crippen LogP contribution is 2.25. The second kappa shape index (κ2) is 5.38. The Bertz CT molecular complexity index is 1310. The van der Waals surface area contributed by atoms with Crippen LogP contribution in [0.1, 0.15) is 12.6 Å². The molecule has 0 aliphatic rings. The highest BCUT2D eigenvalue weighted by molar-refractivity contribution is 5.81. The molecule has 5 rings (SSSR count). The third-order valence-electron chi connectivity index (χ3n) is 4.28. The molecule has 1 aromatic carbocycles. The van der Waals surface area contributed by atoms with Crippen LogP contribution in [0, 0.1) is 0 Å². The van der Waals surface area contributed by atoms with Gasteiger partial charge < -0.3 is 9.40 Å². The number of hydrogen-bond donors (Lipinski definition) is 2. The maximum Gasteiger partial charge on any atom is 0.274 e. The summed E-state index contributed by atoms with van der Waals surface area (Å²) in [6.45, 7) is 2.00. The number of benzene rings is 1. The Morgan fingerprint density at radius 1 is 1.27 bits per heavy atom. The minimum absolute atomic E-state index is 0.248. The van der Waals surface area contributed by atoms with Crippen molar-refractivity contribution >= 4 is 16.7 Å². The average Bonchev–Trinajstić information content (AvgIpc) is 3.39. The Morgan fingerprint density at radius 2 is 2.19 bits per heavy atom. The van der Waals surface area contributed by atoms with Crippen molar-refractivity contribution in [2.24, 2.45) is 0 Å². The van der Waals surface area contributed by atoms with Crippen LogP contribution in [0.4, 0.5) is 0 Å². The second-order valence-corrected chi connectivity index (χ2v) is 5.88. The van der Waals surface area contributed by atoms with Gasteiger partial charge in [0, 0.05) is 11.6 Å². The molecule has 0 saturated heterocycles. The van der Waals surface area contributed by atoms with Crippen LogP contribution in [0.15, 0.2) is 45.9 Å². The van der Waals surface area contributed by atoms with Gasteiger partial charge in [-0.25, -0.2) is 4.98 Å². The van der Waals surface area contributed by atoms with Crippen LogP contribution in [0.5, 0.6) is 0 Å². The minimum Gasteiger partial charge on any atom is -0.444 e. The van der Waals surface area contributed by atoms with Gasteiger partial charge in [0.15, 0.2) is 5.65 Å². The molecule has 26 heavy (non-hydrogen) atoms. The fraction of sp³-hybridized carbons (Fsp3) is 0.118. The van der Waals surface area contributed by atoms with Gasteiger partial charge in [-0.1, -0.05) is 18.2 Å². The number of H-pyrrole nitrogens is 2. The molecule has 0 atom stereocenters. The monoisotopic (exact) mass is 347 g/mol. The van der Waals surface area contributed by atoms with Crippen molar-refractivity contribution in [1.29, 1.82) is 0 Å². The van der Waals surface area contributed by atoms with Crippen molar-refractivity contribution < 1.29 is 4.42 Å². The van der Waals surface area contributed by atoms with Crippen LogP contribution >= 0.6 is 0 Å². The van der Waals surface area contributed by atoms with E-state index >= 15 is 0 Å². The van der Waals surface area contributed by atoms with E-state index in [9.17, 15) is 4.79 Å². The molecule has 0 amide bonds. The zero-order chi connectivity index (χ0) is 17.7. The van der Waals surface area contributed by atoms with Gasteiger partial charge in [0.1, 0.15) is 17.3 Å². The Hall–Kier alpha value is -3.75. The molecular weight excluding hydrogens is 334 g/mol. The second-order valence-electron chi connectivity index (χ2n) is 5.88. The lowest BCUT2D eigenvalue weighted by Gasteiger charge is -2.03. The van der Waals surface area contributed by atoms with Crippen molar-refractivity contribution in [3.05, 3.63) is 52.8 Å². The molecule has 9 heteroatoms. The van der Waals surface area contributed by atoms with E-state index in [1.165, 1.54) is 10.6 Å². The largest absolute Gasteiger partial charge is 0.444 e. The van der Waals surface area contributed by atoms with Crippen LogP contribution in [-0.4, -0.2) is 35.0 Å². The number of hydrogen-bond acceptors (Lipinski definition) is 6. The van der Waals surface area contributed by atoms with Gasteiger partial charge in [0.2, 0.25) is 5.89 Å². The molecule has 128 valence electrons. The summed E-state index contributed by atoms with van der Waals surface area (Å²) < 4.78 is 6.83. The van der Waals surface area contributed by atoms with E-state index in [0.717, 1.165) is 28.7 Å². The first kappa shape index (κ1) is 14.6. The highest BCUT2D eigenvalue weighted by Gasteiger charge is 2.16. The molecule has 5 aromatic rings. The zero-order valence-electron chi connectivity index (χ0n) is 13.7. The van der Waals surface area contributed by atoms with Crippen LogP contribution in [0.3, 0.4) is 0 Å². The van der Waals surface area contributed by atoms with Crippen LogP contribution in [-0.2, 0) is 6.42 Å². The molecule has 0 radical (unpaired) electrons. The van der Waals surface area contributed by atoms with Gasteiger partial charge in [0.25, 0.3) is 5.56 Å². The molecule has 9 nitrogen and oxygen atoms in total. The van der Waals surface area contributed by atoms with Gasteiger partial charge >= 0.3 is 0 Å². The van der Waals surface area contributed by atoms with E-state index in [1.54, 1.807) is 12.5 Å². The summed E-state index contributed by atoms with van der Waals surface area (Å²) in [6, 6.07) is 7.11. The molecule has 0 fully saturated rings. The number of nitrogens with zero attached hydrogens (tertiary/aromatic N) is 5. The van der Waals surface area contributed by atoms with Crippen LogP contribution in [0.2, 0.25) is 0 Å². The van der Waals surface area contributed by atoms with E-state index in [0.29, 0.717) is 22.8 Å². The molecular formula is C17H13N7O2. The summed E-state index contributed by atoms with van der Waals surface area (Å²) in [7, 11) is 0. The molecule has 0 saturated carbocycles. The third kappa shape index (κ3) is 2.14. The van der Waals surface area contributed by atoms with Crippen molar-refractivity contribution in [1.82, 2.24) is 35.0 Å². The van der Waals surface area contributed by atoms with Gasteiger partial charge in [-0.15, -0.1) is 5.10 Å². The molecule has 2 N–H and O–H groups in total. The van der Waals surface area contributed by atoms with Gasteiger partial charge in [-0.05, 0) is 18.6 Å². The third-order valence-corrected chi connectivity index (χ3v) is 4.28. The Morgan fingerprint density at radius 3 is 3.04 bits per heavy atom. The number of oxazole rings is 1. The molecule has 0 unspecified atom stereocenters. The number of aryl methyl sites for hydroxylation is 1. The SMILES string of the molecule is CCc1coc(-c2cnn3c(=O)cc(-c4ccc5[nH]nnc5c4)[nH]c23)n1. The number of nitrogens with one attached hydrogen (secondary N) is 2. The van der Waals surface area contributed by atoms with Crippen molar-refractivity contribution in [2.75, 3.05) is 0 Å². The summed E-state index contributed by atoms with van der Waals surface area (Å²) in [5.74, 6) is 0.427. The first-order valence-electron chi connectivity index (χ1n) is 8.10. The first-order chi connectivity index (χ1) is 12.7. The van der Waals surface area contributed by atoms with E-state index in [2.05, 4.69) is 30.5 Å². The standard InChI is InChI=1S/C17H13N7O2/c1-2-10-8-26-17(19-10)11-7-18-24-15(25)6-13(20-16(11)24)9-3-4-12-14(5-9)22-23-21-12/h3-8,20H,2H2,1H3,(H,21,22,23). The maximum absolute atomic E-state index is 12.5. The van der Waals surface area contributed by atoms with Crippen LogP contribution in [0.25, 0.3) is 39.4 Å². The fourth-order valence-corrected chi connectivity index (χ4v) is 2.90. The Labute approximate surface area is 145 Å². The molecule has 0 spiro atoms. The van der Waals surface area contributed by atoms with Gasteiger partial charge in [0.05, 0.1) is 23.1 Å². The van der Waals surface area contributed by atoms with E-state index < -0.39 is 0 Å². The summed E-state index contributed by atoms with van der Waals surface area (Å²) in [4.78, 5) is 20.2. The number of aromatic amines is 2. The topological polar surface area (TPSA) is 118 Å². The Kier molecular flexibility index (Phi) is 3.02. The molecule has 0 aliphatic heterocycles. The lowest BCUT2D eigenvalue weighted by molar-refractivity contribution is 0.573. The summed E-state index contributed by atoms with van der Waals surface area (Å²) >= 11 is 0. The normalized spacial score (nSPS) is 11.6. The summed E-state index contributed by atoms with van der Waals surface area (Å²) in [6.07, 6.45) is 3.95. The quantitative estimate of drug-likeness (QED) is 0.516. The lowest BCUT2D eigenvalue weighted by Crippen LogP contribution is -2.14. The van der Waals surface area contributed by atoms with Crippen molar-refractivity contribution in [2.45, 2.75) is 13.3 Å². The predicted molar refractivity (Wildman–Crippen MR) is 93.6 cm³/mol. The van der Waals surface area contributed by atoms with E-state index in [4.69, 9.17) is 4.42 Å². The summed E-state index contributed by atoms with van der Waals surface area (Å²) in [5, 5.41) is 14.8. The Balaban J connectivity index is 1.71. The predicted octanol–water partition coefficient (Wildman–Crippen LogP) is 2.18. The van der Waals surface area contributed by atoms with Crippen molar-refractivity contribution in [3.8, 4) is 22.7 Å². The number of fused-ring (bicyclic) bond motifs is 2. The number of rotatable bonds is 3. The number of aromatic nitrogens is 7. The average molecular weight is 347 g/mol. The molecule has 4 heterocycles. The van der Waals surface area contributed by atoms with Crippen LogP contribution < -0.4 is 5.56 Å². The molecule has 4 aromatic heterocycles. The molecule has 0 bridgehead atoms. The van der Waals surface area contributed by atoms with Gasteiger partial charge in [-0.3, -0.25) is 9.89 Å². The highest BCUT2D eigenvalue weighted by atomic mass is 16.3. The zero-order valence-corrected chi connectivity index (χ0v) is 13.7. The first-order valence-corrected chi connectivity index (χ1v) is 8.10. The lowest BCUT2D eigenvalue weighted by atomic mass is 10.1. The maximum atomic E-state index is 12.5. The smallest absolute Gasteiger partial charge is 0.274 e. The van der Waals surface area contributed by atoms with Gasteiger partial charge in [-0.2, -0.15) is 9.61 Å². The van der Waals surface area contributed by atoms with E-state index in [1.807, 2.05) is 25.1 Å². The fourth-order valence-electron chi connectivity index (χ4n) is 2.90. The summed E-state index contributed by atoms with van der Waals surface area (Å²) in [5.41, 5.74) is 4.77. The van der Waals surface area contributed by atoms with E-state index in [-0.39, 0.29) is 5.56 Å².